The van der Waals surface area contributed by atoms with E-state index in [0.29, 0.717) is 24.9 Å². The average molecular weight is 482 g/mol. The Balaban J connectivity index is 0.00000261. The zero-order valence-electron chi connectivity index (χ0n) is 16.4. The zero-order chi connectivity index (χ0) is 18.7. The van der Waals surface area contributed by atoms with Gasteiger partial charge in [0.25, 0.3) is 0 Å². The van der Waals surface area contributed by atoms with Gasteiger partial charge in [-0.1, -0.05) is 26.8 Å². The van der Waals surface area contributed by atoms with Gasteiger partial charge in [0.2, 0.25) is 5.89 Å². The van der Waals surface area contributed by atoms with E-state index in [0.717, 1.165) is 22.8 Å². The third-order valence-corrected chi connectivity index (χ3v) is 4.11. The molecule has 0 spiro atoms. The smallest absolute Gasteiger partial charge is 0.213 e. The van der Waals surface area contributed by atoms with E-state index in [1.54, 1.807) is 13.2 Å². The van der Waals surface area contributed by atoms with Crippen LogP contribution in [0.2, 0.25) is 0 Å². The van der Waals surface area contributed by atoms with Crippen molar-refractivity contribution in [3.8, 4) is 0 Å². The van der Waals surface area contributed by atoms with Crippen LogP contribution in [-0.2, 0) is 18.5 Å². The highest BCUT2D eigenvalue weighted by Gasteiger charge is 2.19. The summed E-state index contributed by atoms with van der Waals surface area (Å²) in [4.78, 5) is 13.2. The molecule has 0 radical (unpaired) electrons. The fourth-order valence-corrected chi connectivity index (χ4v) is 2.58. The van der Waals surface area contributed by atoms with Crippen LogP contribution in [0.3, 0.4) is 0 Å². The van der Waals surface area contributed by atoms with Crippen LogP contribution in [0, 0.1) is 6.92 Å². The molecule has 0 aliphatic rings. The van der Waals surface area contributed by atoms with E-state index in [2.05, 4.69) is 63.8 Å². The molecule has 8 heteroatoms. The molecule has 27 heavy (non-hydrogen) atoms. The van der Waals surface area contributed by atoms with Crippen molar-refractivity contribution in [1.29, 1.82) is 0 Å². The number of halogens is 1. The van der Waals surface area contributed by atoms with Gasteiger partial charge in [0.15, 0.2) is 5.96 Å². The standard InChI is InChI=1S/C19H26N6O.HI/c1-13-7-6-8-16-24-14(12-25(13)16)9-22-18(20-5)23-11-17-21-10-15(26-17)19(2,3)4;/h6-8,10,12H,9,11H2,1-5H3,(H2,20,22,23);1H. The Hall–Kier alpha value is -2.10. The van der Waals surface area contributed by atoms with Crippen LogP contribution >= 0.6 is 24.0 Å². The maximum atomic E-state index is 5.79. The summed E-state index contributed by atoms with van der Waals surface area (Å²) >= 11 is 0. The molecule has 0 unspecified atom stereocenters. The van der Waals surface area contributed by atoms with Gasteiger partial charge in [-0.15, -0.1) is 24.0 Å². The Kier molecular flexibility index (Phi) is 6.85. The number of aromatic nitrogens is 3. The number of guanidine groups is 1. The van der Waals surface area contributed by atoms with Gasteiger partial charge in [-0.05, 0) is 19.1 Å². The monoisotopic (exact) mass is 482 g/mol. The molecule has 3 rings (SSSR count). The van der Waals surface area contributed by atoms with Gasteiger partial charge >= 0.3 is 0 Å². The highest BCUT2D eigenvalue weighted by atomic mass is 127. The van der Waals surface area contributed by atoms with E-state index in [9.17, 15) is 0 Å². The van der Waals surface area contributed by atoms with E-state index in [1.807, 2.05) is 18.3 Å². The van der Waals surface area contributed by atoms with Gasteiger partial charge in [-0.25, -0.2) is 9.97 Å². The SMILES string of the molecule is CN=C(NCc1cn2c(C)cccc2n1)NCc1ncc(C(C)(C)C)o1.I. The topological polar surface area (TPSA) is 79.8 Å². The number of hydrogen-bond donors (Lipinski definition) is 2. The number of aliphatic imine (C=N–C) groups is 1. The lowest BCUT2D eigenvalue weighted by molar-refractivity contribution is 0.379. The van der Waals surface area contributed by atoms with Crippen LogP contribution in [0.15, 0.2) is 40.0 Å². The molecule has 0 saturated heterocycles. The normalized spacial score (nSPS) is 12.1. The highest BCUT2D eigenvalue weighted by molar-refractivity contribution is 14.0. The van der Waals surface area contributed by atoms with Crippen molar-refractivity contribution in [2.75, 3.05) is 7.05 Å². The summed E-state index contributed by atoms with van der Waals surface area (Å²) in [5.41, 5.74) is 3.00. The molecule has 2 N–H and O–H groups in total. The highest BCUT2D eigenvalue weighted by Crippen LogP contribution is 2.22. The molecule has 3 aromatic heterocycles. The zero-order valence-corrected chi connectivity index (χ0v) is 18.7. The molecule has 0 saturated carbocycles. The van der Waals surface area contributed by atoms with Crippen molar-refractivity contribution in [2.24, 2.45) is 4.99 Å². The number of nitrogens with one attached hydrogen (secondary N) is 2. The van der Waals surface area contributed by atoms with E-state index >= 15 is 0 Å². The lowest BCUT2D eigenvalue weighted by Gasteiger charge is -2.13. The van der Waals surface area contributed by atoms with E-state index in [-0.39, 0.29) is 29.4 Å². The van der Waals surface area contributed by atoms with Crippen LogP contribution in [-0.4, -0.2) is 27.4 Å². The first-order chi connectivity index (χ1) is 12.4. The Labute approximate surface area is 176 Å². The molecule has 0 fully saturated rings. The maximum absolute atomic E-state index is 5.79. The molecule has 0 aromatic carbocycles. The lowest BCUT2D eigenvalue weighted by Crippen LogP contribution is -2.36. The number of oxazole rings is 1. The van der Waals surface area contributed by atoms with Gasteiger partial charge in [-0.3, -0.25) is 4.99 Å². The Morgan fingerprint density at radius 1 is 1.22 bits per heavy atom. The van der Waals surface area contributed by atoms with Crippen LogP contribution in [0.1, 0.15) is 43.8 Å². The first-order valence-electron chi connectivity index (χ1n) is 8.70. The molecule has 146 valence electrons. The number of nitrogens with zero attached hydrogens (tertiary/aromatic N) is 4. The van der Waals surface area contributed by atoms with Crippen molar-refractivity contribution >= 4 is 35.6 Å². The summed E-state index contributed by atoms with van der Waals surface area (Å²) in [6.45, 7) is 9.42. The maximum Gasteiger partial charge on any atom is 0.213 e. The number of imidazole rings is 1. The van der Waals surface area contributed by atoms with Crippen LogP contribution in [0.4, 0.5) is 0 Å². The average Bonchev–Trinajstić information content (AvgIpc) is 3.22. The molecule has 0 bridgehead atoms. The summed E-state index contributed by atoms with van der Waals surface area (Å²) < 4.78 is 7.86. The summed E-state index contributed by atoms with van der Waals surface area (Å²) in [5.74, 6) is 2.19. The minimum Gasteiger partial charge on any atom is -0.443 e. The summed E-state index contributed by atoms with van der Waals surface area (Å²) in [6.07, 6.45) is 3.82. The molecule has 3 aromatic rings. The molecule has 0 amide bonds. The third-order valence-electron chi connectivity index (χ3n) is 4.11. The van der Waals surface area contributed by atoms with Crippen LogP contribution < -0.4 is 10.6 Å². The minimum atomic E-state index is -0.0492. The number of hydrogen-bond acceptors (Lipinski definition) is 4. The second-order valence-corrected chi connectivity index (χ2v) is 7.28. The first-order valence-corrected chi connectivity index (χ1v) is 8.70. The van der Waals surface area contributed by atoms with E-state index < -0.39 is 0 Å². The fraction of sp³-hybridized carbons (Fsp3) is 0.421. The molecule has 0 aliphatic heterocycles. The predicted octanol–water partition coefficient (Wildman–Crippen LogP) is 3.41. The third kappa shape index (κ3) is 5.21. The summed E-state index contributed by atoms with van der Waals surface area (Å²) in [7, 11) is 1.74. The first kappa shape index (κ1) is 21.2. The minimum absolute atomic E-state index is 0. The Morgan fingerprint density at radius 2 is 1.96 bits per heavy atom. The van der Waals surface area contributed by atoms with Gasteiger partial charge in [0.1, 0.15) is 11.4 Å². The predicted molar refractivity (Wildman–Crippen MR) is 118 cm³/mol. The molecular weight excluding hydrogens is 455 g/mol. The largest absolute Gasteiger partial charge is 0.443 e. The Morgan fingerprint density at radius 3 is 2.59 bits per heavy atom. The number of rotatable bonds is 4. The van der Waals surface area contributed by atoms with Crippen molar-refractivity contribution in [3.63, 3.8) is 0 Å². The van der Waals surface area contributed by atoms with Gasteiger partial charge in [-0.2, -0.15) is 0 Å². The van der Waals surface area contributed by atoms with Crippen molar-refractivity contribution in [1.82, 2.24) is 25.0 Å². The molecule has 0 atom stereocenters. The van der Waals surface area contributed by atoms with Gasteiger partial charge in [0.05, 0.1) is 25.0 Å². The summed E-state index contributed by atoms with van der Waals surface area (Å²) in [6, 6.07) is 6.07. The molecule has 3 heterocycles. The quantitative estimate of drug-likeness (QED) is 0.339. The van der Waals surface area contributed by atoms with Crippen LogP contribution in [0.5, 0.6) is 0 Å². The molecule has 7 nitrogen and oxygen atoms in total. The van der Waals surface area contributed by atoms with Crippen molar-refractivity contribution < 1.29 is 4.42 Å². The van der Waals surface area contributed by atoms with Gasteiger partial charge < -0.3 is 19.5 Å². The van der Waals surface area contributed by atoms with Crippen molar-refractivity contribution in [2.45, 2.75) is 46.2 Å². The van der Waals surface area contributed by atoms with E-state index in [1.165, 1.54) is 0 Å². The van der Waals surface area contributed by atoms with E-state index in [4.69, 9.17) is 4.42 Å². The fourth-order valence-electron chi connectivity index (χ4n) is 2.58. The second kappa shape index (κ2) is 8.73. The molecular formula is C19H27IN6O. The van der Waals surface area contributed by atoms with Gasteiger partial charge in [0, 0.05) is 24.4 Å². The number of aryl methyl sites for hydroxylation is 1. The second-order valence-electron chi connectivity index (χ2n) is 7.28. The molecule has 0 aliphatic carbocycles. The van der Waals surface area contributed by atoms with Crippen molar-refractivity contribution in [3.05, 3.63) is 53.6 Å². The van der Waals surface area contributed by atoms with Crippen LogP contribution in [0.25, 0.3) is 5.65 Å². The lowest BCUT2D eigenvalue weighted by atomic mass is 9.94. The number of fused-ring (bicyclic) bond motifs is 1. The number of pyridine rings is 1. The Bertz CT molecular complexity index is 922. The summed E-state index contributed by atoms with van der Waals surface area (Å²) in [5, 5.41) is 6.48.